The third-order valence-corrected chi connectivity index (χ3v) is 3.97. The number of nitrogens with one attached hydrogen (secondary N) is 1. The van der Waals surface area contributed by atoms with Gasteiger partial charge in [-0.15, -0.1) is 0 Å². The Labute approximate surface area is 156 Å². The minimum absolute atomic E-state index is 0.0330. The van der Waals surface area contributed by atoms with Gasteiger partial charge in [0.2, 0.25) is 0 Å². The zero-order valence-corrected chi connectivity index (χ0v) is 14.8. The third kappa shape index (κ3) is 4.49. The quantitative estimate of drug-likeness (QED) is 0.542. The van der Waals surface area contributed by atoms with Crippen LogP contribution < -0.4 is 15.7 Å². The predicted octanol–water partition coefficient (Wildman–Crippen LogP) is 2.67. The van der Waals surface area contributed by atoms with Gasteiger partial charge in [0.1, 0.15) is 11.3 Å². The number of amides is 1. The number of carbonyl (C=O) groups excluding carboxylic acids is 1. The van der Waals surface area contributed by atoms with Crippen LogP contribution in [0, 0.1) is 0 Å². The van der Waals surface area contributed by atoms with Crippen molar-refractivity contribution in [3.05, 3.63) is 100.0 Å². The van der Waals surface area contributed by atoms with Crippen molar-refractivity contribution in [1.29, 1.82) is 0 Å². The largest absolute Gasteiger partial charge is 0.496 e. The van der Waals surface area contributed by atoms with Crippen LogP contribution in [0.5, 0.6) is 5.75 Å². The summed E-state index contributed by atoms with van der Waals surface area (Å²) in [7, 11) is 1.56. The topological polar surface area (TPSA) is 72.7 Å². The third-order valence-electron chi connectivity index (χ3n) is 3.97. The number of para-hydroxylation sites is 1. The molecule has 1 heterocycles. The highest BCUT2D eigenvalue weighted by Crippen LogP contribution is 2.14. The van der Waals surface area contributed by atoms with Gasteiger partial charge >= 0.3 is 0 Å². The zero-order valence-electron chi connectivity index (χ0n) is 14.8. The minimum Gasteiger partial charge on any atom is -0.496 e. The Morgan fingerprint density at radius 2 is 1.81 bits per heavy atom. The van der Waals surface area contributed by atoms with Crippen molar-refractivity contribution in [3.8, 4) is 5.75 Å². The Morgan fingerprint density at radius 1 is 1.07 bits per heavy atom. The molecular formula is C21H19N3O3. The highest BCUT2D eigenvalue weighted by Gasteiger charge is 2.11. The van der Waals surface area contributed by atoms with Crippen LogP contribution in [0.15, 0.2) is 82.8 Å². The number of methoxy groups -OCH3 is 1. The highest BCUT2D eigenvalue weighted by atomic mass is 16.5. The molecule has 0 bridgehead atoms. The fourth-order valence-electron chi connectivity index (χ4n) is 2.61. The number of aromatic nitrogens is 1. The van der Waals surface area contributed by atoms with Gasteiger partial charge in [-0.3, -0.25) is 9.59 Å². The van der Waals surface area contributed by atoms with Crippen LogP contribution in [-0.2, 0) is 6.54 Å². The smallest absolute Gasteiger partial charge is 0.276 e. The molecule has 6 heteroatoms. The molecule has 0 saturated carbocycles. The van der Waals surface area contributed by atoms with Gasteiger partial charge in [-0.05, 0) is 29.8 Å². The van der Waals surface area contributed by atoms with Crippen LogP contribution in [-0.4, -0.2) is 23.8 Å². The minimum atomic E-state index is -0.562. The first-order valence-electron chi connectivity index (χ1n) is 8.39. The number of carbonyl (C=O) groups is 1. The van der Waals surface area contributed by atoms with Crippen LogP contribution in [0.2, 0.25) is 0 Å². The van der Waals surface area contributed by atoms with E-state index in [-0.39, 0.29) is 11.1 Å². The zero-order chi connectivity index (χ0) is 19.1. The van der Waals surface area contributed by atoms with Gasteiger partial charge < -0.3 is 9.30 Å². The van der Waals surface area contributed by atoms with E-state index in [4.69, 9.17) is 4.74 Å². The molecule has 0 aliphatic carbocycles. The lowest BCUT2D eigenvalue weighted by Crippen LogP contribution is -2.30. The van der Waals surface area contributed by atoms with E-state index in [9.17, 15) is 9.59 Å². The molecule has 0 saturated heterocycles. The number of pyridine rings is 1. The number of rotatable bonds is 6. The van der Waals surface area contributed by atoms with Crippen LogP contribution in [0.3, 0.4) is 0 Å². The van der Waals surface area contributed by atoms with E-state index in [1.807, 2.05) is 48.5 Å². The van der Waals surface area contributed by atoms with E-state index >= 15 is 0 Å². The maximum atomic E-state index is 12.6. The van der Waals surface area contributed by atoms with E-state index in [2.05, 4.69) is 10.5 Å². The Balaban J connectivity index is 1.74. The first-order valence-corrected chi connectivity index (χ1v) is 8.39. The Hall–Kier alpha value is -3.67. The van der Waals surface area contributed by atoms with Crippen molar-refractivity contribution in [2.24, 2.45) is 5.10 Å². The molecule has 0 radical (unpaired) electrons. The average molecular weight is 361 g/mol. The summed E-state index contributed by atoms with van der Waals surface area (Å²) in [6, 6.07) is 20.0. The molecule has 3 aromatic rings. The lowest BCUT2D eigenvalue weighted by molar-refractivity contribution is 0.0953. The second-order valence-electron chi connectivity index (χ2n) is 5.78. The fourth-order valence-corrected chi connectivity index (χ4v) is 2.61. The van der Waals surface area contributed by atoms with Crippen molar-refractivity contribution in [1.82, 2.24) is 9.99 Å². The summed E-state index contributed by atoms with van der Waals surface area (Å²) < 4.78 is 6.72. The fraction of sp³-hybridized carbons (Fsp3) is 0.0952. The molecule has 1 amide bonds. The second kappa shape index (κ2) is 8.62. The molecule has 0 fully saturated rings. The number of hydrogen-bond donors (Lipinski definition) is 1. The summed E-state index contributed by atoms with van der Waals surface area (Å²) in [5.41, 5.74) is 3.75. The molecule has 1 aromatic heterocycles. The standard InChI is InChI=1S/C21H19N3O3/c1-27-19-12-6-5-10-17(19)14-22-23-20(25)18-11-7-13-24(21(18)26)15-16-8-3-2-4-9-16/h2-14H,15H2,1H3,(H,23,25)/b22-14-. The second-order valence-corrected chi connectivity index (χ2v) is 5.78. The summed E-state index contributed by atoms with van der Waals surface area (Å²) in [5.74, 6) is 0.0778. The van der Waals surface area contributed by atoms with Crippen LogP contribution >= 0.6 is 0 Å². The van der Waals surface area contributed by atoms with Crippen molar-refractivity contribution >= 4 is 12.1 Å². The molecule has 0 spiro atoms. The van der Waals surface area contributed by atoms with Gasteiger partial charge in [-0.25, -0.2) is 5.43 Å². The van der Waals surface area contributed by atoms with E-state index in [1.165, 1.54) is 16.8 Å². The average Bonchev–Trinajstić information content (AvgIpc) is 2.70. The van der Waals surface area contributed by atoms with E-state index in [1.54, 1.807) is 25.4 Å². The summed E-state index contributed by atoms with van der Waals surface area (Å²) in [6.45, 7) is 0.394. The first kappa shape index (κ1) is 18.1. The normalized spacial score (nSPS) is 10.7. The lowest BCUT2D eigenvalue weighted by Gasteiger charge is -2.07. The molecule has 2 aromatic carbocycles. The van der Waals surface area contributed by atoms with Crippen LogP contribution in [0.4, 0.5) is 0 Å². The Kier molecular flexibility index (Phi) is 5.79. The van der Waals surface area contributed by atoms with Crippen molar-refractivity contribution < 1.29 is 9.53 Å². The first-order chi connectivity index (χ1) is 13.2. The van der Waals surface area contributed by atoms with E-state index in [0.717, 1.165) is 11.1 Å². The summed E-state index contributed by atoms with van der Waals surface area (Å²) in [6.07, 6.45) is 3.13. The monoisotopic (exact) mass is 361 g/mol. The summed E-state index contributed by atoms with van der Waals surface area (Å²) in [5, 5.41) is 3.93. The SMILES string of the molecule is COc1ccccc1/C=N\NC(=O)c1cccn(Cc2ccccc2)c1=O. The number of hydrazone groups is 1. The Bertz CT molecular complexity index is 1010. The van der Waals surface area contributed by atoms with Crippen molar-refractivity contribution in [2.75, 3.05) is 7.11 Å². The molecule has 3 rings (SSSR count). The number of nitrogens with zero attached hydrogens (tertiary/aromatic N) is 2. The number of hydrogen-bond acceptors (Lipinski definition) is 4. The number of ether oxygens (including phenoxy) is 1. The highest BCUT2D eigenvalue weighted by molar-refractivity contribution is 5.94. The maximum absolute atomic E-state index is 12.6. The molecule has 27 heavy (non-hydrogen) atoms. The molecular weight excluding hydrogens is 342 g/mol. The van der Waals surface area contributed by atoms with E-state index in [0.29, 0.717) is 12.3 Å². The molecule has 0 aliphatic rings. The molecule has 6 nitrogen and oxygen atoms in total. The molecule has 0 aliphatic heterocycles. The van der Waals surface area contributed by atoms with Gasteiger partial charge in [0, 0.05) is 11.8 Å². The molecule has 1 N–H and O–H groups in total. The molecule has 136 valence electrons. The summed E-state index contributed by atoms with van der Waals surface area (Å²) in [4.78, 5) is 24.9. The van der Waals surface area contributed by atoms with E-state index < -0.39 is 5.91 Å². The van der Waals surface area contributed by atoms with Crippen molar-refractivity contribution in [3.63, 3.8) is 0 Å². The van der Waals surface area contributed by atoms with Gasteiger partial charge in [0.25, 0.3) is 11.5 Å². The maximum Gasteiger partial charge on any atom is 0.276 e. The predicted molar refractivity (Wildman–Crippen MR) is 104 cm³/mol. The molecule has 0 atom stereocenters. The van der Waals surface area contributed by atoms with Gasteiger partial charge in [-0.1, -0.05) is 42.5 Å². The van der Waals surface area contributed by atoms with Crippen LogP contribution in [0.25, 0.3) is 0 Å². The molecule has 0 unspecified atom stereocenters. The number of benzene rings is 2. The Morgan fingerprint density at radius 3 is 2.59 bits per heavy atom. The van der Waals surface area contributed by atoms with Gasteiger partial charge in [0.15, 0.2) is 0 Å². The van der Waals surface area contributed by atoms with Crippen LogP contribution in [0.1, 0.15) is 21.5 Å². The lowest BCUT2D eigenvalue weighted by atomic mass is 10.2. The summed E-state index contributed by atoms with van der Waals surface area (Å²) >= 11 is 0. The van der Waals surface area contributed by atoms with Crippen molar-refractivity contribution in [2.45, 2.75) is 6.54 Å². The van der Waals surface area contributed by atoms with Gasteiger partial charge in [-0.2, -0.15) is 5.10 Å². The van der Waals surface area contributed by atoms with Gasteiger partial charge in [0.05, 0.1) is 19.9 Å².